The van der Waals surface area contributed by atoms with Gasteiger partial charge in [-0.15, -0.1) is 11.3 Å². The largest absolute Gasteiger partial charge is 0.480 e. The number of unbranched alkanes of at least 4 members (excludes halogenated alkanes) is 1. The number of H-pyrrole nitrogens is 1. The minimum absolute atomic E-state index is 0.0880. The fourth-order valence-electron chi connectivity index (χ4n) is 3.57. The van der Waals surface area contributed by atoms with Crippen molar-refractivity contribution in [2.24, 2.45) is 0 Å². The third kappa shape index (κ3) is 5.04. The van der Waals surface area contributed by atoms with Gasteiger partial charge in [0.25, 0.3) is 11.9 Å². The number of thiophene rings is 1. The van der Waals surface area contributed by atoms with Crippen LogP contribution in [0.4, 0.5) is 0 Å². The molecule has 0 fully saturated rings. The van der Waals surface area contributed by atoms with Crippen molar-refractivity contribution in [3.63, 3.8) is 0 Å². The smallest absolute Gasteiger partial charge is 0.326 e. The van der Waals surface area contributed by atoms with Gasteiger partial charge in [-0.1, -0.05) is 19.4 Å². The quantitative estimate of drug-likeness (QED) is 0.317. The molecule has 11 heteroatoms. The number of aliphatic carboxylic acids is 1. The number of aromatic nitrogens is 6. The van der Waals surface area contributed by atoms with Crippen LogP contribution in [0.3, 0.4) is 0 Å². The first-order valence-corrected chi connectivity index (χ1v) is 11.8. The molecule has 0 saturated carbocycles. The van der Waals surface area contributed by atoms with Crippen molar-refractivity contribution < 1.29 is 14.7 Å². The second kappa shape index (κ2) is 10.4. The lowest BCUT2D eigenvalue weighted by atomic mass is 10.1. The number of nitrogens with one attached hydrogen (secondary N) is 2. The Bertz CT molecular complexity index is 1270. The molecule has 1 unspecified atom stereocenters. The summed E-state index contributed by atoms with van der Waals surface area (Å²) in [5.41, 5.74) is 3.32. The Labute approximate surface area is 200 Å². The molecule has 0 saturated heterocycles. The predicted molar refractivity (Wildman–Crippen MR) is 127 cm³/mol. The van der Waals surface area contributed by atoms with Crippen LogP contribution in [0.15, 0.2) is 42.4 Å². The van der Waals surface area contributed by atoms with Gasteiger partial charge in [-0.25, -0.2) is 24.4 Å². The van der Waals surface area contributed by atoms with Gasteiger partial charge in [0.05, 0.1) is 34.4 Å². The van der Waals surface area contributed by atoms with Crippen molar-refractivity contribution in [1.29, 1.82) is 0 Å². The van der Waals surface area contributed by atoms with E-state index in [0.29, 0.717) is 29.3 Å². The van der Waals surface area contributed by atoms with Crippen molar-refractivity contribution in [1.82, 2.24) is 35.0 Å². The SMILES string of the molecule is CCCCc1c(C(=O)NC(Cc2cnc[nH]2)C(=O)O)cnn1-c1ncc(C)c(-c2cccs2)n1. The summed E-state index contributed by atoms with van der Waals surface area (Å²) in [5, 5.41) is 18.6. The topological polar surface area (TPSA) is 139 Å². The lowest BCUT2D eigenvalue weighted by Gasteiger charge is -2.14. The first-order chi connectivity index (χ1) is 16.5. The van der Waals surface area contributed by atoms with Gasteiger partial charge >= 0.3 is 5.97 Å². The average Bonchev–Trinajstić information content (AvgIpc) is 3.59. The molecule has 0 spiro atoms. The standard InChI is InChI=1S/C23H25N7O3S/c1-3-4-6-18-16(21(31)28-17(22(32)33)9-15-11-24-13-26-15)12-27-30(18)23-25-10-14(2)20(29-23)19-7-5-8-34-19/h5,7-8,10-13,17H,3-4,6,9H2,1-2H3,(H,24,26)(H,28,31)(H,32,33). The Morgan fingerprint density at radius 3 is 2.82 bits per heavy atom. The fraction of sp³-hybridized carbons (Fsp3) is 0.304. The number of hydrogen-bond acceptors (Lipinski definition) is 7. The van der Waals surface area contributed by atoms with Crippen molar-refractivity contribution in [2.45, 2.75) is 45.6 Å². The number of hydrogen-bond donors (Lipinski definition) is 3. The molecule has 1 amide bonds. The third-order valence-corrected chi connectivity index (χ3v) is 6.24. The van der Waals surface area contributed by atoms with Crippen molar-refractivity contribution >= 4 is 23.2 Å². The molecule has 0 aliphatic rings. The molecule has 0 aromatic carbocycles. The average molecular weight is 480 g/mol. The van der Waals surface area contributed by atoms with Crippen molar-refractivity contribution in [3.8, 4) is 16.5 Å². The highest BCUT2D eigenvalue weighted by molar-refractivity contribution is 7.13. The Morgan fingerprint density at radius 1 is 1.29 bits per heavy atom. The van der Waals surface area contributed by atoms with E-state index < -0.39 is 17.9 Å². The highest BCUT2D eigenvalue weighted by Gasteiger charge is 2.26. The number of rotatable bonds is 10. The summed E-state index contributed by atoms with van der Waals surface area (Å²) in [6.45, 7) is 4.01. The van der Waals surface area contributed by atoms with E-state index in [1.54, 1.807) is 22.2 Å². The second-order valence-electron chi connectivity index (χ2n) is 7.84. The van der Waals surface area contributed by atoms with Crippen LogP contribution in [0.2, 0.25) is 0 Å². The van der Waals surface area contributed by atoms with Crippen molar-refractivity contribution in [2.75, 3.05) is 0 Å². The molecule has 4 heterocycles. The van der Waals surface area contributed by atoms with E-state index >= 15 is 0 Å². The summed E-state index contributed by atoms with van der Waals surface area (Å²) in [6.07, 6.45) is 8.59. The van der Waals surface area contributed by atoms with Gasteiger partial charge in [0.15, 0.2) is 0 Å². The van der Waals surface area contributed by atoms with Crippen LogP contribution in [-0.2, 0) is 17.6 Å². The van der Waals surface area contributed by atoms with Crippen molar-refractivity contribution in [3.05, 3.63) is 64.9 Å². The molecule has 0 radical (unpaired) electrons. The maximum atomic E-state index is 13.1. The van der Waals surface area contributed by atoms with E-state index in [9.17, 15) is 14.7 Å². The number of carboxylic acids is 1. The lowest BCUT2D eigenvalue weighted by molar-refractivity contribution is -0.139. The number of amides is 1. The zero-order valence-electron chi connectivity index (χ0n) is 18.9. The van der Waals surface area contributed by atoms with Gasteiger partial charge in [0, 0.05) is 24.5 Å². The molecule has 4 rings (SSSR count). The van der Waals surface area contributed by atoms with E-state index in [1.807, 2.05) is 24.4 Å². The summed E-state index contributed by atoms with van der Waals surface area (Å²) in [4.78, 5) is 41.9. The molecule has 3 N–H and O–H groups in total. The molecule has 1 atom stereocenters. The van der Waals surface area contributed by atoms with Gasteiger partial charge in [-0.3, -0.25) is 4.79 Å². The summed E-state index contributed by atoms with van der Waals surface area (Å²) < 4.78 is 1.58. The molecule has 0 aliphatic carbocycles. The Hall–Kier alpha value is -3.86. The number of carbonyl (C=O) groups is 2. The second-order valence-corrected chi connectivity index (χ2v) is 8.79. The van der Waals surface area contributed by atoms with E-state index in [0.717, 1.165) is 29.0 Å². The molecular formula is C23H25N7O3S. The molecular weight excluding hydrogens is 454 g/mol. The van der Waals surface area contributed by atoms with Crippen LogP contribution in [0, 0.1) is 6.92 Å². The van der Waals surface area contributed by atoms with Crippen LogP contribution in [0.1, 0.15) is 47.1 Å². The van der Waals surface area contributed by atoms with Gasteiger partial charge in [0.1, 0.15) is 6.04 Å². The van der Waals surface area contributed by atoms with Gasteiger partial charge in [-0.05, 0) is 36.8 Å². The Balaban J connectivity index is 1.66. The Kier molecular flexibility index (Phi) is 7.12. The molecule has 176 valence electrons. The number of aromatic amines is 1. The number of aryl methyl sites for hydroxylation is 1. The highest BCUT2D eigenvalue weighted by atomic mass is 32.1. The van der Waals surface area contributed by atoms with E-state index in [-0.39, 0.29) is 6.42 Å². The van der Waals surface area contributed by atoms with Crippen LogP contribution < -0.4 is 5.32 Å². The van der Waals surface area contributed by atoms with E-state index in [2.05, 4.69) is 32.3 Å². The number of nitrogens with zero attached hydrogens (tertiary/aromatic N) is 5. The zero-order valence-corrected chi connectivity index (χ0v) is 19.7. The first kappa shape index (κ1) is 23.3. The summed E-state index contributed by atoms with van der Waals surface area (Å²) in [7, 11) is 0. The maximum absolute atomic E-state index is 13.1. The van der Waals surface area contributed by atoms with Crippen LogP contribution in [0.5, 0.6) is 0 Å². The lowest BCUT2D eigenvalue weighted by Crippen LogP contribution is -2.42. The summed E-state index contributed by atoms with van der Waals surface area (Å²) in [6, 6.07) is 2.85. The van der Waals surface area contributed by atoms with Crippen LogP contribution >= 0.6 is 11.3 Å². The maximum Gasteiger partial charge on any atom is 0.326 e. The van der Waals surface area contributed by atoms with Gasteiger partial charge in [-0.2, -0.15) is 5.10 Å². The molecule has 4 aromatic rings. The van der Waals surface area contributed by atoms with Gasteiger partial charge < -0.3 is 15.4 Å². The fourth-order valence-corrected chi connectivity index (χ4v) is 4.35. The Morgan fingerprint density at radius 2 is 2.15 bits per heavy atom. The van der Waals surface area contributed by atoms with E-state index in [4.69, 9.17) is 4.98 Å². The molecule has 0 bridgehead atoms. The van der Waals surface area contributed by atoms with E-state index in [1.165, 1.54) is 18.7 Å². The molecule has 10 nitrogen and oxygen atoms in total. The summed E-state index contributed by atoms with van der Waals surface area (Å²) in [5.74, 6) is -1.27. The minimum atomic E-state index is -1.13. The first-order valence-electron chi connectivity index (χ1n) is 10.9. The number of carboxylic acid groups (broad SMARTS) is 1. The third-order valence-electron chi connectivity index (χ3n) is 5.37. The predicted octanol–water partition coefficient (Wildman–Crippen LogP) is 3.19. The molecule has 34 heavy (non-hydrogen) atoms. The summed E-state index contributed by atoms with van der Waals surface area (Å²) >= 11 is 1.59. The monoisotopic (exact) mass is 479 g/mol. The normalized spacial score (nSPS) is 11.9. The minimum Gasteiger partial charge on any atom is -0.480 e. The number of imidazole rings is 1. The molecule has 4 aromatic heterocycles. The highest BCUT2D eigenvalue weighted by Crippen LogP contribution is 2.26. The van der Waals surface area contributed by atoms with Crippen LogP contribution in [-0.4, -0.2) is 52.7 Å². The van der Waals surface area contributed by atoms with Gasteiger partial charge in [0.2, 0.25) is 0 Å². The number of carbonyl (C=O) groups excluding carboxylic acids is 1. The van der Waals surface area contributed by atoms with Crippen LogP contribution in [0.25, 0.3) is 16.5 Å². The zero-order chi connectivity index (χ0) is 24.1. The molecule has 0 aliphatic heterocycles.